The van der Waals surface area contributed by atoms with Gasteiger partial charge < -0.3 is 10.6 Å². The maximum Gasteiger partial charge on any atom is 0.264 e. The number of aromatic nitrogens is 3. The molecule has 0 saturated heterocycles. The van der Waals surface area contributed by atoms with Crippen molar-refractivity contribution in [3.63, 3.8) is 0 Å². The van der Waals surface area contributed by atoms with E-state index in [4.69, 9.17) is 17.3 Å². The van der Waals surface area contributed by atoms with Crippen LogP contribution in [-0.2, 0) is 10.0 Å². The number of hydrogen-bond acceptors (Lipinski definition) is 7. The molecule has 0 atom stereocenters. The third-order valence-electron chi connectivity index (χ3n) is 2.39. The van der Waals surface area contributed by atoms with E-state index in [-0.39, 0.29) is 22.7 Å². The minimum Gasteiger partial charge on any atom is -0.368 e. The van der Waals surface area contributed by atoms with Gasteiger partial charge in [0, 0.05) is 19.1 Å². The quantitative estimate of drug-likeness (QED) is 0.859. The van der Waals surface area contributed by atoms with Gasteiger partial charge in [0.15, 0.2) is 0 Å². The highest BCUT2D eigenvalue weighted by molar-refractivity contribution is 7.92. The van der Waals surface area contributed by atoms with Crippen LogP contribution >= 0.6 is 11.6 Å². The molecule has 1 aromatic heterocycles. The molecule has 0 aliphatic heterocycles. The van der Waals surface area contributed by atoms with E-state index in [1.54, 1.807) is 19.0 Å². The minimum absolute atomic E-state index is 0.0392. The highest BCUT2D eigenvalue weighted by Crippen LogP contribution is 2.17. The number of anilines is 3. The Kier molecular flexibility index (Phi) is 4.14. The van der Waals surface area contributed by atoms with E-state index < -0.39 is 10.0 Å². The number of nitrogen functional groups attached to an aromatic ring is 1. The molecular weight excluding hydrogens is 316 g/mol. The van der Waals surface area contributed by atoms with E-state index in [0.717, 1.165) is 0 Å². The van der Waals surface area contributed by atoms with Gasteiger partial charge in [-0.1, -0.05) is 11.6 Å². The standard InChI is InChI=1S/C11H13ClN6O2S/c1-18(2)11-15-9(13)14-10(16-11)17-21(19,20)8-5-3-7(12)4-6-8/h3-6H,1-2H3,(H3,13,14,15,16,17). The molecule has 0 radical (unpaired) electrons. The molecule has 0 spiro atoms. The number of rotatable bonds is 4. The summed E-state index contributed by atoms with van der Waals surface area (Å²) >= 11 is 5.73. The van der Waals surface area contributed by atoms with Crippen molar-refractivity contribution in [2.45, 2.75) is 4.90 Å². The van der Waals surface area contributed by atoms with Crippen LogP contribution in [0, 0.1) is 0 Å². The molecule has 0 aliphatic rings. The zero-order valence-electron chi connectivity index (χ0n) is 11.3. The van der Waals surface area contributed by atoms with Crippen molar-refractivity contribution in [1.82, 2.24) is 15.0 Å². The number of nitrogens with zero attached hydrogens (tertiary/aromatic N) is 4. The van der Waals surface area contributed by atoms with Gasteiger partial charge in [-0.05, 0) is 24.3 Å². The average Bonchev–Trinajstić information content (AvgIpc) is 2.37. The van der Waals surface area contributed by atoms with Gasteiger partial charge in [-0.3, -0.25) is 0 Å². The number of benzene rings is 1. The predicted molar refractivity (Wildman–Crippen MR) is 80.8 cm³/mol. The normalized spacial score (nSPS) is 11.2. The van der Waals surface area contributed by atoms with Gasteiger partial charge >= 0.3 is 0 Å². The molecule has 21 heavy (non-hydrogen) atoms. The Bertz CT molecular complexity index is 748. The van der Waals surface area contributed by atoms with E-state index in [2.05, 4.69) is 19.7 Å². The number of sulfonamides is 1. The third kappa shape index (κ3) is 3.70. The molecule has 1 aromatic carbocycles. The first-order chi connectivity index (χ1) is 9.78. The third-order valence-corrected chi connectivity index (χ3v) is 3.99. The smallest absolute Gasteiger partial charge is 0.264 e. The van der Waals surface area contributed by atoms with Crippen LogP contribution in [0.1, 0.15) is 0 Å². The molecule has 1 heterocycles. The first kappa shape index (κ1) is 15.3. The van der Waals surface area contributed by atoms with Gasteiger partial charge in [0.05, 0.1) is 4.90 Å². The second kappa shape index (κ2) is 5.70. The Hall–Kier alpha value is -2.13. The van der Waals surface area contributed by atoms with Gasteiger partial charge in [-0.2, -0.15) is 15.0 Å². The molecule has 2 rings (SSSR count). The van der Waals surface area contributed by atoms with Gasteiger partial charge in [0.1, 0.15) is 0 Å². The van der Waals surface area contributed by atoms with Gasteiger partial charge in [-0.25, -0.2) is 13.1 Å². The molecule has 0 saturated carbocycles. The summed E-state index contributed by atoms with van der Waals surface area (Å²) in [5.41, 5.74) is 5.53. The monoisotopic (exact) mass is 328 g/mol. The van der Waals surface area contributed by atoms with Crippen LogP contribution in [0.15, 0.2) is 29.2 Å². The minimum atomic E-state index is -3.82. The summed E-state index contributed by atoms with van der Waals surface area (Å²) in [5.74, 6) is 0.0139. The van der Waals surface area contributed by atoms with Crippen LogP contribution in [0.3, 0.4) is 0 Å². The van der Waals surface area contributed by atoms with E-state index >= 15 is 0 Å². The van der Waals surface area contributed by atoms with Crippen LogP contribution < -0.4 is 15.4 Å². The number of halogens is 1. The SMILES string of the molecule is CN(C)c1nc(N)nc(NS(=O)(=O)c2ccc(Cl)cc2)n1. The molecular formula is C11H13ClN6O2S. The van der Waals surface area contributed by atoms with Crippen LogP contribution in [0.5, 0.6) is 0 Å². The fourth-order valence-electron chi connectivity index (χ4n) is 1.42. The predicted octanol–water partition coefficient (Wildman–Crippen LogP) is 0.974. The summed E-state index contributed by atoms with van der Waals surface area (Å²) < 4.78 is 26.6. The fourth-order valence-corrected chi connectivity index (χ4v) is 2.49. The molecule has 8 nitrogen and oxygen atoms in total. The summed E-state index contributed by atoms with van der Waals surface area (Å²) in [6.07, 6.45) is 0. The Morgan fingerprint density at radius 3 is 2.33 bits per heavy atom. The first-order valence-corrected chi connectivity index (χ1v) is 7.61. The fraction of sp³-hybridized carbons (Fsp3) is 0.182. The number of nitrogens with one attached hydrogen (secondary N) is 1. The number of hydrogen-bond donors (Lipinski definition) is 2. The molecule has 0 aliphatic carbocycles. The topological polar surface area (TPSA) is 114 Å². The van der Waals surface area contributed by atoms with Crippen molar-refractivity contribution < 1.29 is 8.42 Å². The van der Waals surface area contributed by atoms with Crippen molar-refractivity contribution >= 4 is 39.5 Å². The van der Waals surface area contributed by atoms with E-state index in [9.17, 15) is 8.42 Å². The van der Waals surface area contributed by atoms with Crippen molar-refractivity contribution in [2.75, 3.05) is 29.5 Å². The summed E-state index contributed by atoms with van der Waals surface area (Å²) in [4.78, 5) is 13.2. The molecule has 0 amide bonds. The van der Waals surface area contributed by atoms with Crippen molar-refractivity contribution in [1.29, 1.82) is 0 Å². The van der Waals surface area contributed by atoms with Gasteiger partial charge in [0.2, 0.25) is 17.8 Å². The highest BCUT2D eigenvalue weighted by atomic mass is 35.5. The lowest BCUT2D eigenvalue weighted by Gasteiger charge is -2.12. The second-order valence-corrected chi connectivity index (χ2v) is 6.39. The second-order valence-electron chi connectivity index (χ2n) is 4.27. The van der Waals surface area contributed by atoms with E-state index in [0.29, 0.717) is 5.02 Å². The van der Waals surface area contributed by atoms with Crippen LogP contribution in [0.4, 0.5) is 17.8 Å². The van der Waals surface area contributed by atoms with Crippen LogP contribution in [0.25, 0.3) is 0 Å². The molecule has 2 aromatic rings. The number of nitrogens with two attached hydrogens (primary N) is 1. The van der Waals surface area contributed by atoms with Gasteiger partial charge in [0.25, 0.3) is 10.0 Å². The zero-order valence-corrected chi connectivity index (χ0v) is 12.9. The molecule has 0 unspecified atom stereocenters. The van der Waals surface area contributed by atoms with Gasteiger partial charge in [-0.15, -0.1) is 0 Å². The maximum absolute atomic E-state index is 12.2. The molecule has 10 heteroatoms. The first-order valence-electron chi connectivity index (χ1n) is 5.75. The summed E-state index contributed by atoms with van der Waals surface area (Å²) in [6, 6.07) is 5.70. The highest BCUT2D eigenvalue weighted by Gasteiger charge is 2.17. The van der Waals surface area contributed by atoms with E-state index in [1.807, 2.05) is 0 Å². The van der Waals surface area contributed by atoms with Crippen molar-refractivity contribution in [3.05, 3.63) is 29.3 Å². The summed E-state index contributed by atoms with van der Waals surface area (Å²) in [7, 11) is -0.424. The Morgan fingerprint density at radius 2 is 1.76 bits per heavy atom. The summed E-state index contributed by atoms with van der Waals surface area (Å²) in [6.45, 7) is 0. The van der Waals surface area contributed by atoms with Crippen LogP contribution in [-0.4, -0.2) is 37.5 Å². The Labute approximate surface area is 127 Å². The zero-order chi connectivity index (χ0) is 15.6. The summed E-state index contributed by atoms with van der Waals surface area (Å²) in [5, 5.41) is 0.438. The largest absolute Gasteiger partial charge is 0.368 e. The lowest BCUT2D eigenvalue weighted by Crippen LogP contribution is -2.19. The van der Waals surface area contributed by atoms with Crippen molar-refractivity contribution in [3.8, 4) is 0 Å². The lowest BCUT2D eigenvalue weighted by atomic mass is 10.4. The van der Waals surface area contributed by atoms with E-state index in [1.165, 1.54) is 24.3 Å². The van der Waals surface area contributed by atoms with Crippen molar-refractivity contribution in [2.24, 2.45) is 0 Å². The lowest BCUT2D eigenvalue weighted by molar-refractivity contribution is 0.601. The maximum atomic E-state index is 12.2. The molecule has 0 bridgehead atoms. The Morgan fingerprint density at radius 1 is 1.14 bits per heavy atom. The molecule has 3 N–H and O–H groups in total. The Balaban J connectivity index is 2.34. The average molecular weight is 329 g/mol. The van der Waals surface area contributed by atoms with Crippen LogP contribution in [0.2, 0.25) is 5.02 Å². The molecule has 112 valence electrons. The molecule has 0 fully saturated rings.